The van der Waals surface area contributed by atoms with Crippen LogP contribution in [-0.4, -0.2) is 44.1 Å². The van der Waals surface area contributed by atoms with Crippen LogP contribution in [-0.2, 0) is 19.4 Å². The third-order valence-electron chi connectivity index (χ3n) is 4.11. The maximum Gasteiger partial charge on any atom is 0.325 e. The van der Waals surface area contributed by atoms with Gasteiger partial charge in [0.1, 0.15) is 5.75 Å². The largest absolute Gasteiger partial charge is 0.494 e. The fourth-order valence-electron chi connectivity index (χ4n) is 2.57. The lowest BCUT2D eigenvalue weighted by Gasteiger charge is -2.32. The van der Waals surface area contributed by atoms with E-state index in [4.69, 9.17) is 9.47 Å². The first kappa shape index (κ1) is 17.7. The Hall–Kier alpha value is -1.60. The highest BCUT2D eigenvalue weighted by atomic mass is 32.2. The third kappa shape index (κ3) is 3.50. The third-order valence-corrected chi connectivity index (χ3v) is 6.61. The number of ether oxygens (including phenoxy) is 2. The van der Waals surface area contributed by atoms with Crippen molar-refractivity contribution in [3.8, 4) is 5.75 Å². The van der Waals surface area contributed by atoms with Crippen LogP contribution in [0.2, 0.25) is 0 Å². The van der Waals surface area contributed by atoms with Gasteiger partial charge in [-0.2, -0.15) is 0 Å². The highest BCUT2D eigenvalue weighted by molar-refractivity contribution is 7.93. The van der Waals surface area contributed by atoms with E-state index < -0.39 is 20.6 Å². The van der Waals surface area contributed by atoms with Gasteiger partial charge in [-0.1, -0.05) is 13.3 Å². The highest BCUT2D eigenvalue weighted by Crippen LogP contribution is 2.35. The van der Waals surface area contributed by atoms with E-state index >= 15 is 0 Å². The Morgan fingerprint density at radius 1 is 1.26 bits per heavy atom. The molecule has 1 aliphatic rings. The van der Waals surface area contributed by atoms with Crippen LogP contribution in [0.4, 0.5) is 0 Å². The van der Waals surface area contributed by atoms with Crippen molar-refractivity contribution in [3.05, 3.63) is 24.3 Å². The molecule has 1 heterocycles. The van der Waals surface area contributed by atoms with Gasteiger partial charge >= 0.3 is 5.97 Å². The minimum Gasteiger partial charge on any atom is -0.494 e. The molecular weight excluding hydrogens is 320 g/mol. The number of carboxylic acids is 1. The van der Waals surface area contributed by atoms with Crippen molar-refractivity contribution in [1.29, 1.82) is 0 Å². The molecule has 1 saturated heterocycles. The van der Waals surface area contributed by atoms with Gasteiger partial charge in [-0.15, -0.1) is 0 Å². The molecule has 1 fully saturated rings. The van der Waals surface area contributed by atoms with E-state index in [1.165, 1.54) is 12.1 Å². The number of carbonyl (C=O) groups is 1. The summed E-state index contributed by atoms with van der Waals surface area (Å²) in [6.07, 6.45) is 1.84. The predicted octanol–water partition coefficient (Wildman–Crippen LogP) is 2.27. The zero-order valence-electron chi connectivity index (χ0n) is 13.2. The smallest absolute Gasteiger partial charge is 0.325 e. The average molecular weight is 342 g/mol. The van der Waals surface area contributed by atoms with Crippen molar-refractivity contribution in [3.63, 3.8) is 0 Å². The molecule has 0 radical (unpaired) electrons. The number of unbranched alkanes of at least 4 members (excludes halogenated alkanes) is 1. The molecule has 0 spiro atoms. The van der Waals surface area contributed by atoms with E-state index in [1.807, 2.05) is 0 Å². The molecule has 0 amide bonds. The summed E-state index contributed by atoms with van der Waals surface area (Å²) in [5, 5.41) is 9.52. The summed E-state index contributed by atoms with van der Waals surface area (Å²) in [6, 6.07) is 5.96. The summed E-state index contributed by atoms with van der Waals surface area (Å²) >= 11 is 0. The van der Waals surface area contributed by atoms with Crippen LogP contribution in [0, 0.1) is 0 Å². The zero-order valence-corrected chi connectivity index (χ0v) is 14.0. The summed E-state index contributed by atoms with van der Waals surface area (Å²) in [7, 11) is -4.00. The van der Waals surface area contributed by atoms with Crippen molar-refractivity contribution in [2.24, 2.45) is 0 Å². The van der Waals surface area contributed by atoms with Gasteiger partial charge in [0, 0.05) is 26.1 Å². The van der Waals surface area contributed by atoms with E-state index in [2.05, 4.69) is 6.92 Å². The molecule has 0 bridgehead atoms. The van der Waals surface area contributed by atoms with Gasteiger partial charge < -0.3 is 14.6 Å². The van der Waals surface area contributed by atoms with E-state index in [0.29, 0.717) is 12.4 Å². The number of carboxylic acid groups (broad SMARTS) is 1. The van der Waals surface area contributed by atoms with Crippen LogP contribution in [0.25, 0.3) is 0 Å². The molecule has 2 rings (SSSR count). The van der Waals surface area contributed by atoms with Crippen LogP contribution >= 0.6 is 0 Å². The Bertz CT molecular complexity index is 629. The maximum atomic E-state index is 12.8. The molecule has 0 aromatic heterocycles. The minimum absolute atomic E-state index is 0.00430. The van der Waals surface area contributed by atoms with Crippen molar-refractivity contribution in [2.75, 3.05) is 19.8 Å². The van der Waals surface area contributed by atoms with E-state index in [9.17, 15) is 18.3 Å². The average Bonchev–Trinajstić information content (AvgIpc) is 2.56. The second-order valence-electron chi connectivity index (χ2n) is 5.59. The summed E-state index contributed by atoms with van der Waals surface area (Å²) in [4.78, 5) is 11.7. The van der Waals surface area contributed by atoms with Gasteiger partial charge in [-0.3, -0.25) is 4.79 Å². The van der Waals surface area contributed by atoms with Crippen molar-refractivity contribution in [1.82, 2.24) is 0 Å². The van der Waals surface area contributed by atoms with Crippen LogP contribution in [0.15, 0.2) is 29.2 Å². The molecule has 7 heteroatoms. The van der Waals surface area contributed by atoms with Crippen molar-refractivity contribution in [2.45, 2.75) is 42.2 Å². The molecule has 1 aromatic carbocycles. The molecule has 1 N–H and O–H groups in total. The Morgan fingerprint density at radius 2 is 1.87 bits per heavy atom. The Morgan fingerprint density at radius 3 is 2.39 bits per heavy atom. The molecule has 1 aromatic rings. The summed E-state index contributed by atoms with van der Waals surface area (Å²) in [6.45, 7) is 2.88. The molecule has 23 heavy (non-hydrogen) atoms. The number of hydrogen-bond acceptors (Lipinski definition) is 5. The standard InChI is InChI=1S/C16H22O6S/c1-2-3-10-22-13-4-6-14(7-5-13)23(19,20)16(15(17)18)8-11-21-12-9-16/h4-7H,2-3,8-12H2,1H3,(H,17,18). The van der Waals surface area contributed by atoms with Crippen LogP contribution in [0.1, 0.15) is 32.6 Å². The fourth-order valence-corrected chi connectivity index (χ4v) is 4.45. The van der Waals surface area contributed by atoms with Crippen LogP contribution in [0.3, 0.4) is 0 Å². The van der Waals surface area contributed by atoms with Gasteiger partial charge in [0.05, 0.1) is 11.5 Å². The lowest BCUT2D eigenvalue weighted by Crippen LogP contribution is -2.50. The molecule has 128 valence electrons. The quantitative estimate of drug-likeness (QED) is 0.765. The normalized spacial score (nSPS) is 17.6. The molecule has 1 aliphatic heterocycles. The van der Waals surface area contributed by atoms with E-state index in [0.717, 1.165) is 12.8 Å². The summed E-state index contributed by atoms with van der Waals surface area (Å²) in [5.41, 5.74) is 0. The Balaban J connectivity index is 2.26. The highest BCUT2D eigenvalue weighted by Gasteiger charge is 2.52. The molecule has 0 aliphatic carbocycles. The first-order valence-electron chi connectivity index (χ1n) is 7.73. The number of sulfone groups is 1. The number of benzene rings is 1. The second-order valence-corrected chi connectivity index (χ2v) is 7.85. The van der Waals surface area contributed by atoms with Gasteiger partial charge in [0.25, 0.3) is 0 Å². The molecule has 0 saturated carbocycles. The summed E-state index contributed by atoms with van der Waals surface area (Å²) in [5.74, 6) is -0.738. The first-order valence-corrected chi connectivity index (χ1v) is 9.21. The number of aliphatic carboxylic acids is 1. The zero-order chi connectivity index (χ0) is 16.9. The van der Waals surface area contributed by atoms with Crippen molar-refractivity contribution >= 4 is 15.8 Å². The van der Waals surface area contributed by atoms with E-state index in [-0.39, 0.29) is 31.0 Å². The van der Waals surface area contributed by atoms with Gasteiger partial charge in [-0.25, -0.2) is 8.42 Å². The Kier molecular flexibility index (Phi) is 5.64. The van der Waals surface area contributed by atoms with Crippen LogP contribution < -0.4 is 4.74 Å². The number of rotatable bonds is 7. The SMILES string of the molecule is CCCCOc1ccc(S(=O)(=O)C2(C(=O)O)CCOCC2)cc1. The fraction of sp³-hybridized carbons (Fsp3) is 0.562. The van der Waals surface area contributed by atoms with Crippen molar-refractivity contribution < 1.29 is 27.8 Å². The first-order chi connectivity index (χ1) is 10.9. The molecule has 0 unspecified atom stereocenters. The molecular formula is C16H22O6S. The lowest BCUT2D eigenvalue weighted by atomic mass is 9.99. The number of hydrogen-bond donors (Lipinski definition) is 1. The molecule has 0 atom stereocenters. The Labute approximate surface area is 136 Å². The topological polar surface area (TPSA) is 89.9 Å². The van der Waals surface area contributed by atoms with Gasteiger partial charge in [-0.05, 0) is 30.7 Å². The predicted molar refractivity (Wildman–Crippen MR) is 84.5 cm³/mol. The monoisotopic (exact) mass is 342 g/mol. The van der Waals surface area contributed by atoms with Crippen LogP contribution in [0.5, 0.6) is 5.75 Å². The van der Waals surface area contributed by atoms with Gasteiger partial charge in [0.2, 0.25) is 0 Å². The minimum atomic E-state index is -4.00. The second kappa shape index (κ2) is 7.31. The maximum absolute atomic E-state index is 12.8. The summed E-state index contributed by atoms with van der Waals surface area (Å²) < 4.78 is 34.5. The lowest BCUT2D eigenvalue weighted by molar-refractivity contribution is -0.142. The van der Waals surface area contributed by atoms with Gasteiger partial charge in [0.15, 0.2) is 14.6 Å². The van der Waals surface area contributed by atoms with E-state index in [1.54, 1.807) is 12.1 Å². The molecule has 6 nitrogen and oxygen atoms in total.